The molecule has 70 valence electrons. The Morgan fingerprint density at radius 1 is 1.50 bits per heavy atom. The predicted octanol–water partition coefficient (Wildman–Crippen LogP) is 1.10. The third-order valence-corrected chi connectivity index (χ3v) is 1.92. The van der Waals surface area contributed by atoms with Crippen LogP contribution in [0.5, 0.6) is 0 Å². The van der Waals surface area contributed by atoms with Crippen molar-refractivity contribution in [2.45, 2.75) is 39.3 Å². The molecule has 0 aromatic carbocycles. The average Bonchev–Trinajstić information content (AvgIpc) is 1.85. The maximum absolute atomic E-state index is 9.16. The van der Waals surface area contributed by atoms with Crippen LogP contribution in [0.15, 0.2) is 0 Å². The van der Waals surface area contributed by atoms with Crippen LogP contribution in [-0.2, 0) is 0 Å². The summed E-state index contributed by atoms with van der Waals surface area (Å²) in [6.07, 6.45) is -0.298. The molecule has 0 unspecified atom stereocenters. The van der Waals surface area contributed by atoms with Gasteiger partial charge in [0.1, 0.15) is 0 Å². The Morgan fingerprint density at radius 2 is 2.00 bits per heavy atom. The van der Waals surface area contributed by atoms with Gasteiger partial charge in [-0.25, -0.2) is 0 Å². The molecule has 0 bridgehead atoms. The lowest BCUT2D eigenvalue weighted by Crippen LogP contribution is -2.43. The highest BCUT2D eigenvalue weighted by molar-refractivity contribution is 5.12. The molecule has 12 heavy (non-hydrogen) atoms. The van der Waals surface area contributed by atoms with E-state index in [0.29, 0.717) is 6.54 Å². The highest BCUT2D eigenvalue weighted by atomic mass is 16.3. The number of likely N-dealkylation sites (N-methyl/N-ethyl adjacent to an activating group) is 1. The molecule has 0 rings (SSSR count). The Balaban J connectivity index is 4.21. The molecule has 1 atom stereocenters. The third-order valence-electron chi connectivity index (χ3n) is 1.92. The van der Waals surface area contributed by atoms with Crippen LogP contribution in [0.25, 0.3) is 0 Å². The van der Waals surface area contributed by atoms with Crippen molar-refractivity contribution in [3.05, 3.63) is 0 Å². The van der Waals surface area contributed by atoms with Crippen LogP contribution in [0, 0.1) is 11.8 Å². The molecule has 2 nitrogen and oxygen atoms in total. The molecule has 0 heterocycles. The highest BCUT2D eigenvalue weighted by Gasteiger charge is 2.21. The molecule has 0 saturated carbocycles. The summed E-state index contributed by atoms with van der Waals surface area (Å²) in [7, 11) is 1.97. The van der Waals surface area contributed by atoms with Crippen molar-refractivity contribution in [1.82, 2.24) is 4.90 Å². The zero-order valence-electron chi connectivity index (χ0n) is 8.68. The molecule has 0 fully saturated rings. The number of rotatable bonds is 3. The Hall–Kier alpha value is -0.520. The maximum atomic E-state index is 9.16. The summed E-state index contributed by atoms with van der Waals surface area (Å²) >= 11 is 0. The topological polar surface area (TPSA) is 23.5 Å². The standard InChI is InChI=1S/C10H19NO/c1-6-7-10(3,4)11(5)8-9(2)12/h9,12H,8H2,1-5H3/t9-/m0/s1. The highest BCUT2D eigenvalue weighted by Crippen LogP contribution is 2.10. The first-order valence-corrected chi connectivity index (χ1v) is 4.23. The minimum Gasteiger partial charge on any atom is -0.392 e. The predicted molar refractivity (Wildman–Crippen MR) is 51.8 cm³/mol. The smallest absolute Gasteiger partial charge is 0.0767 e. The molecular weight excluding hydrogens is 150 g/mol. The molecule has 0 saturated heterocycles. The van der Waals surface area contributed by atoms with Gasteiger partial charge in [-0.1, -0.05) is 5.92 Å². The molecule has 0 aromatic heterocycles. The van der Waals surface area contributed by atoms with Crippen LogP contribution < -0.4 is 0 Å². The number of nitrogens with zero attached hydrogens (tertiary/aromatic N) is 1. The second-order valence-corrected chi connectivity index (χ2v) is 3.66. The molecule has 0 spiro atoms. The van der Waals surface area contributed by atoms with Gasteiger partial charge in [0.05, 0.1) is 11.6 Å². The normalized spacial score (nSPS) is 13.9. The average molecular weight is 169 g/mol. The summed E-state index contributed by atoms with van der Waals surface area (Å²) in [5.74, 6) is 5.98. The first-order valence-electron chi connectivity index (χ1n) is 4.23. The van der Waals surface area contributed by atoms with Gasteiger partial charge in [-0.3, -0.25) is 4.90 Å². The van der Waals surface area contributed by atoms with E-state index in [-0.39, 0.29) is 11.6 Å². The summed E-state index contributed by atoms with van der Waals surface area (Å²) in [6, 6.07) is 0. The molecule has 0 aliphatic heterocycles. The lowest BCUT2D eigenvalue weighted by atomic mass is 10.0. The monoisotopic (exact) mass is 169 g/mol. The number of hydrogen-bond donors (Lipinski definition) is 1. The maximum Gasteiger partial charge on any atom is 0.0767 e. The van der Waals surface area contributed by atoms with Crippen molar-refractivity contribution in [3.8, 4) is 11.8 Å². The molecule has 2 heteroatoms. The fraction of sp³-hybridized carbons (Fsp3) is 0.800. The molecule has 0 aliphatic rings. The van der Waals surface area contributed by atoms with Crippen molar-refractivity contribution in [2.24, 2.45) is 0 Å². The summed E-state index contributed by atoms with van der Waals surface area (Å²) in [6.45, 7) is 8.36. The van der Waals surface area contributed by atoms with E-state index in [9.17, 15) is 0 Å². The summed E-state index contributed by atoms with van der Waals surface area (Å²) in [5.41, 5.74) is -0.147. The SMILES string of the molecule is CC#CC(C)(C)N(C)C[C@H](C)O. The van der Waals surface area contributed by atoms with Gasteiger partial charge in [0, 0.05) is 6.54 Å². The Labute approximate surface area is 75.6 Å². The lowest BCUT2D eigenvalue weighted by molar-refractivity contribution is 0.105. The first kappa shape index (κ1) is 11.5. The Kier molecular flexibility index (Phi) is 4.30. The second kappa shape index (κ2) is 4.49. The third kappa shape index (κ3) is 3.75. The van der Waals surface area contributed by atoms with Gasteiger partial charge >= 0.3 is 0 Å². The Bertz CT molecular complexity index is 186. The van der Waals surface area contributed by atoms with Crippen LogP contribution in [0.4, 0.5) is 0 Å². The number of hydrogen-bond acceptors (Lipinski definition) is 2. The molecule has 0 aromatic rings. The van der Waals surface area contributed by atoms with Gasteiger partial charge in [0.15, 0.2) is 0 Å². The molecule has 0 radical (unpaired) electrons. The van der Waals surface area contributed by atoms with Crippen molar-refractivity contribution >= 4 is 0 Å². The van der Waals surface area contributed by atoms with Gasteiger partial charge in [0.25, 0.3) is 0 Å². The largest absolute Gasteiger partial charge is 0.392 e. The zero-order chi connectivity index (χ0) is 9.78. The van der Waals surface area contributed by atoms with E-state index in [4.69, 9.17) is 5.11 Å². The fourth-order valence-corrected chi connectivity index (χ4v) is 1.03. The molecular formula is C10H19NO. The van der Waals surface area contributed by atoms with Crippen molar-refractivity contribution < 1.29 is 5.11 Å². The van der Waals surface area contributed by atoms with E-state index in [2.05, 4.69) is 11.8 Å². The van der Waals surface area contributed by atoms with E-state index in [1.165, 1.54) is 0 Å². The van der Waals surface area contributed by atoms with Crippen molar-refractivity contribution in [1.29, 1.82) is 0 Å². The Morgan fingerprint density at radius 3 is 2.33 bits per heavy atom. The quantitative estimate of drug-likeness (QED) is 0.640. The molecule has 0 aliphatic carbocycles. The van der Waals surface area contributed by atoms with Gasteiger partial charge in [-0.05, 0) is 34.7 Å². The number of aliphatic hydroxyl groups is 1. The van der Waals surface area contributed by atoms with Gasteiger partial charge < -0.3 is 5.11 Å². The van der Waals surface area contributed by atoms with Crippen LogP contribution in [-0.4, -0.2) is 35.2 Å². The minimum atomic E-state index is -0.298. The fourth-order valence-electron chi connectivity index (χ4n) is 1.03. The van der Waals surface area contributed by atoms with E-state index in [1.807, 2.05) is 32.7 Å². The summed E-state index contributed by atoms with van der Waals surface area (Å²) in [4.78, 5) is 2.05. The molecule has 1 N–H and O–H groups in total. The first-order chi connectivity index (χ1) is 5.40. The van der Waals surface area contributed by atoms with Gasteiger partial charge in [-0.2, -0.15) is 0 Å². The van der Waals surface area contributed by atoms with Crippen LogP contribution in [0.2, 0.25) is 0 Å². The van der Waals surface area contributed by atoms with Crippen LogP contribution in [0.3, 0.4) is 0 Å². The van der Waals surface area contributed by atoms with E-state index in [1.54, 1.807) is 6.92 Å². The lowest BCUT2D eigenvalue weighted by Gasteiger charge is -2.31. The van der Waals surface area contributed by atoms with Crippen molar-refractivity contribution in [3.63, 3.8) is 0 Å². The van der Waals surface area contributed by atoms with E-state index in [0.717, 1.165) is 0 Å². The minimum absolute atomic E-state index is 0.147. The van der Waals surface area contributed by atoms with Gasteiger partial charge in [-0.15, -0.1) is 5.92 Å². The van der Waals surface area contributed by atoms with Crippen LogP contribution in [0.1, 0.15) is 27.7 Å². The van der Waals surface area contributed by atoms with Crippen LogP contribution >= 0.6 is 0 Å². The molecule has 0 amide bonds. The van der Waals surface area contributed by atoms with Crippen molar-refractivity contribution in [2.75, 3.05) is 13.6 Å². The van der Waals surface area contributed by atoms with E-state index >= 15 is 0 Å². The zero-order valence-corrected chi connectivity index (χ0v) is 8.68. The van der Waals surface area contributed by atoms with Gasteiger partial charge in [0.2, 0.25) is 0 Å². The van der Waals surface area contributed by atoms with E-state index < -0.39 is 0 Å². The summed E-state index contributed by atoms with van der Waals surface area (Å²) in [5, 5.41) is 9.16. The number of aliphatic hydroxyl groups excluding tert-OH is 1. The summed E-state index contributed by atoms with van der Waals surface area (Å²) < 4.78 is 0. The second-order valence-electron chi connectivity index (χ2n) is 3.66. The number of β-amino-alcohol motifs (C(OH)–C–C–N with tert-alkyl or cyclic N) is 1.